The normalized spacial score (nSPS) is 17.5. The molecule has 0 spiro atoms. The van der Waals surface area contributed by atoms with Crippen LogP contribution in [-0.2, 0) is 21.2 Å². The van der Waals surface area contributed by atoms with Gasteiger partial charge >= 0.3 is 0 Å². The third-order valence-corrected chi connectivity index (χ3v) is 6.89. The van der Waals surface area contributed by atoms with E-state index in [4.69, 9.17) is 4.74 Å². The molecule has 2 aromatic rings. The minimum atomic E-state index is -3.58. The Bertz CT molecular complexity index is 982. The van der Waals surface area contributed by atoms with Crippen molar-refractivity contribution in [1.29, 1.82) is 0 Å². The van der Waals surface area contributed by atoms with Crippen molar-refractivity contribution in [2.75, 3.05) is 43.5 Å². The molecular weight excluding hydrogens is 366 g/mol. The van der Waals surface area contributed by atoms with Gasteiger partial charge in [-0.1, -0.05) is 6.07 Å². The summed E-state index contributed by atoms with van der Waals surface area (Å²) in [4.78, 5) is 13.9. The molecule has 0 saturated carbocycles. The zero-order chi connectivity index (χ0) is 19.0. The number of fused-ring (bicyclic) bond motifs is 1. The van der Waals surface area contributed by atoms with Crippen LogP contribution in [0.4, 0.5) is 11.4 Å². The maximum absolute atomic E-state index is 13.0. The highest BCUT2D eigenvalue weighted by atomic mass is 32.2. The first kappa shape index (κ1) is 17.8. The van der Waals surface area contributed by atoms with Crippen LogP contribution >= 0.6 is 0 Å². The van der Waals surface area contributed by atoms with Gasteiger partial charge in [0.15, 0.2) is 0 Å². The molecule has 1 amide bonds. The van der Waals surface area contributed by atoms with Crippen LogP contribution in [0.1, 0.15) is 5.56 Å². The second-order valence-electron chi connectivity index (χ2n) is 6.64. The van der Waals surface area contributed by atoms with Crippen LogP contribution in [0.2, 0.25) is 0 Å². The molecule has 0 aliphatic carbocycles. The zero-order valence-corrected chi connectivity index (χ0v) is 15.8. The van der Waals surface area contributed by atoms with E-state index in [-0.39, 0.29) is 17.2 Å². The van der Waals surface area contributed by atoms with E-state index in [0.717, 1.165) is 17.0 Å². The number of methoxy groups -OCH3 is 1. The second-order valence-corrected chi connectivity index (χ2v) is 8.57. The number of carbonyl (C=O) groups is 1. The summed E-state index contributed by atoms with van der Waals surface area (Å²) in [6, 6.07) is 12.6. The summed E-state index contributed by atoms with van der Waals surface area (Å²) in [5.41, 5.74) is 2.45. The fourth-order valence-electron chi connectivity index (χ4n) is 3.51. The number of sulfonamides is 1. The van der Waals surface area contributed by atoms with E-state index in [9.17, 15) is 13.2 Å². The monoisotopic (exact) mass is 387 g/mol. The molecule has 2 heterocycles. The van der Waals surface area contributed by atoms with Gasteiger partial charge in [0, 0.05) is 43.6 Å². The Morgan fingerprint density at radius 1 is 1.04 bits per heavy atom. The molecular formula is C19H21N3O4S. The molecule has 0 radical (unpaired) electrons. The van der Waals surface area contributed by atoms with E-state index in [1.54, 1.807) is 25.3 Å². The highest BCUT2D eigenvalue weighted by molar-refractivity contribution is 7.89. The Morgan fingerprint density at radius 2 is 1.81 bits per heavy atom. The molecule has 7 nitrogen and oxygen atoms in total. The number of amides is 1. The minimum absolute atomic E-state index is 0.105. The van der Waals surface area contributed by atoms with Crippen molar-refractivity contribution in [3.63, 3.8) is 0 Å². The molecule has 1 N–H and O–H groups in total. The van der Waals surface area contributed by atoms with Gasteiger partial charge in [-0.05, 0) is 35.9 Å². The van der Waals surface area contributed by atoms with Crippen LogP contribution in [0, 0.1) is 0 Å². The van der Waals surface area contributed by atoms with Crippen LogP contribution in [0.15, 0.2) is 47.4 Å². The molecule has 0 aromatic heterocycles. The fraction of sp³-hybridized carbons (Fsp3) is 0.316. The number of nitrogens with one attached hydrogen (secondary N) is 1. The highest BCUT2D eigenvalue weighted by Crippen LogP contribution is 2.28. The molecule has 2 aliphatic heterocycles. The minimum Gasteiger partial charge on any atom is -0.497 e. The van der Waals surface area contributed by atoms with Gasteiger partial charge in [-0.3, -0.25) is 4.79 Å². The topological polar surface area (TPSA) is 79.0 Å². The van der Waals surface area contributed by atoms with Gasteiger partial charge in [0.1, 0.15) is 5.75 Å². The summed E-state index contributed by atoms with van der Waals surface area (Å²) >= 11 is 0. The van der Waals surface area contributed by atoms with Gasteiger partial charge in [0.25, 0.3) is 0 Å². The van der Waals surface area contributed by atoms with Crippen molar-refractivity contribution in [1.82, 2.24) is 4.31 Å². The average Bonchev–Trinajstić information content (AvgIpc) is 3.07. The standard InChI is InChI=1S/C19H21N3O4S/c1-26-16-4-2-3-15(13-16)21-7-9-22(10-8-21)27(24,25)17-5-6-18-14(11-17)12-19(23)20-18/h2-6,11,13H,7-10,12H2,1H3,(H,20,23). The Balaban J connectivity index is 1.49. The van der Waals surface area contributed by atoms with Crippen LogP contribution in [0.5, 0.6) is 5.75 Å². The van der Waals surface area contributed by atoms with Crippen molar-refractivity contribution < 1.29 is 17.9 Å². The molecule has 1 fully saturated rings. The first-order chi connectivity index (χ1) is 13.0. The molecule has 2 aromatic carbocycles. The van der Waals surface area contributed by atoms with Gasteiger partial charge in [-0.25, -0.2) is 8.42 Å². The zero-order valence-electron chi connectivity index (χ0n) is 15.0. The number of anilines is 2. The number of nitrogens with zero attached hydrogens (tertiary/aromatic N) is 2. The van der Waals surface area contributed by atoms with E-state index in [1.165, 1.54) is 4.31 Å². The van der Waals surface area contributed by atoms with E-state index in [2.05, 4.69) is 10.2 Å². The van der Waals surface area contributed by atoms with Gasteiger partial charge in [0.2, 0.25) is 15.9 Å². The van der Waals surface area contributed by atoms with Crippen molar-refractivity contribution in [2.24, 2.45) is 0 Å². The molecule has 8 heteroatoms. The SMILES string of the molecule is COc1cccc(N2CCN(S(=O)(=O)c3ccc4c(c3)CC(=O)N4)CC2)c1. The Morgan fingerprint density at radius 3 is 2.56 bits per heavy atom. The first-order valence-corrected chi connectivity index (χ1v) is 10.2. The Labute approximate surface area is 158 Å². The number of hydrogen-bond donors (Lipinski definition) is 1. The third kappa shape index (κ3) is 3.38. The lowest BCUT2D eigenvalue weighted by molar-refractivity contribution is -0.115. The predicted molar refractivity (Wildman–Crippen MR) is 103 cm³/mol. The Kier molecular flexibility index (Phi) is 4.53. The predicted octanol–water partition coefficient (Wildman–Crippen LogP) is 1.70. The van der Waals surface area contributed by atoms with Crippen LogP contribution in [0.25, 0.3) is 0 Å². The number of benzene rings is 2. The van der Waals surface area contributed by atoms with Crippen molar-refractivity contribution in [3.05, 3.63) is 48.0 Å². The van der Waals surface area contributed by atoms with E-state index < -0.39 is 10.0 Å². The van der Waals surface area contributed by atoms with Crippen LogP contribution in [-0.4, -0.2) is 51.9 Å². The van der Waals surface area contributed by atoms with Crippen molar-refractivity contribution >= 4 is 27.3 Å². The molecule has 1 saturated heterocycles. The van der Waals surface area contributed by atoms with Crippen molar-refractivity contribution in [2.45, 2.75) is 11.3 Å². The van der Waals surface area contributed by atoms with Gasteiger partial charge in [0.05, 0.1) is 18.4 Å². The second kappa shape index (κ2) is 6.86. The Hall–Kier alpha value is -2.58. The summed E-state index contributed by atoms with van der Waals surface area (Å²) in [6.07, 6.45) is 0.225. The lowest BCUT2D eigenvalue weighted by Gasteiger charge is -2.35. The average molecular weight is 387 g/mol. The lowest BCUT2D eigenvalue weighted by Crippen LogP contribution is -2.48. The molecule has 27 heavy (non-hydrogen) atoms. The molecule has 2 aliphatic rings. The summed E-state index contributed by atoms with van der Waals surface area (Å²) in [7, 11) is -1.95. The van der Waals surface area contributed by atoms with E-state index >= 15 is 0 Å². The van der Waals surface area contributed by atoms with Crippen LogP contribution in [0.3, 0.4) is 0 Å². The quantitative estimate of drug-likeness (QED) is 0.864. The molecule has 142 valence electrons. The summed E-state index contributed by atoms with van der Waals surface area (Å²) < 4.78 is 32.8. The largest absolute Gasteiger partial charge is 0.497 e. The lowest BCUT2D eigenvalue weighted by atomic mass is 10.2. The third-order valence-electron chi connectivity index (χ3n) is 5.00. The van der Waals surface area contributed by atoms with E-state index in [0.29, 0.717) is 31.9 Å². The maximum Gasteiger partial charge on any atom is 0.243 e. The molecule has 0 atom stereocenters. The molecule has 4 rings (SSSR count). The highest BCUT2D eigenvalue weighted by Gasteiger charge is 2.30. The molecule has 0 bridgehead atoms. The van der Waals surface area contributed by atoms with Crippen LogP contribution < -0.4 is 15.0 Å². The van der Waals surface area contributed by atoms with Gasteiger partial charge in [-0.15, -0.1) is 0 Å². The number of ether oxygens (including phenoxy) is 1. The van der Waals surface area contributed by atoms with E-state index in [1.807, 2.05) is 24.3 Å². The number of hydrogen-bond acceptors (Lipinski definition) is 5. The number of piperazine rings is 1. The summed E-state index contributed by atoms with van der Waals surface area (Å²) in [5, 5.41) is 2.72. The van der Waals surface area contributed by atoms with Gasteiger partial charge < -0.3 is 15.0 Å². The first-order valence-electron chi connectivity index (χ1n) is 8.79. The smallest absolute Gasteiger partial charge is 0.243 e. The molecule has 0 unspecified atom stereocenters. The summed E-state index contributed by atoms with van der Waals surface area (Å²) in [5.74, 6) is 0.676. The van der Waals surface area contributed by atoms with Gasteiger partial charge in [-0.2, -0.15) is 4.31 Å². The number of carbonyl (C=O) groups excluding carboxylic acids is 1. The van der Waals surface area contributed by atoms with Crippen molar-refractivity contribution in [3.8, 4) is 5.75 Å². The summed E-state index contributed by atoms with van der Waals surface area (Å²) in [6.45, 7) is 2.04. The maximum atomic E-state index is 13.0. The number of rotatable bonds is 4. The fourth-order valence-corrected chi connectivity index (χ4v) is 4.98.